The predicted molar refractivity (Wildman–Crippen MR) is 84.2 cm³/mol. The first-order valence-electron chi connectivity index (χ1n) is 8.34. The SMILES string of the molecule is Nc1ccnc(N2C[C@H]3CC[C@@H](C2)N(CC2CCC2)C3=O)n1. The van der Waals surface area contributed by atoms with Gasteiger partial charge in [0.15, 0.2) is 0 Å². The number of nitrogens with zero attached hydrogens (tertiary/aromatic N) is 4. The van der Waals surface area contributed by atoms with Crippen LogP contribution in [0.25, 0.3) is 0 Å². The maximum absolute atomic E-state index is 12.8. The normalized spacial score (nSPS) is 28.6. The fraction of sp³-hybridized carbons (Fsp3) is 0.688. The molecule has 0 spiro atoms. The van der Waals surface area contributed by atoms with Gasteiger partial charge in [0.25, 0.3) is 0 Å². The molecular weight excluding hydrogens is 278 g/mol. The first-order valence-corrected chi connectivity index (χ1v) is 8.34. The molecule has 4 fully saturated rings. The second-order valence-electron chi connectivity index (χ2n) is 6.90. The average Bonchev–Trinajstić information content (AvgIpc) is 2.75. The van der Waals surface area contributed by atoms with Crippen LogP contribution in [0, 0.1) is 11.8 Å². The van der Waals surface area contributed by atoms with E-state index in [2.05, 4.69) is 19.8 Å². The number of nitrogen functional groups attached to an aromatic ring is 1. The van der Waals surface area contributed by atoms with Crippen LogP contribution in [0.4, 0.5) is 11.8 Å². The highest BCUT2D eigenvalue weighted by molar-refractivity contribution is 5.81. The van der Waals surface area contributed by atoms with Gasteiger partial charge in [-0.3, -0.25) is 4.79 Å². The molecule has 2 atom stereocenters. The number of hydrogen-bond donors (Lipinski definition) is 1. The molecule has 4 heterocycles. The minimum Gasteiger partial charge on any atom is -0.384 e. The first kappa shape index (κ1) is 13.8. The number of anilines is 2. The van der Waals surface area contributed by atoms with Crippen molar-refractivity contribution in [1.29, 1.82) is 0 Å². The van der Waals surface area contributed by atoms with E-state index in [0.29, 0.717) is 23.7 Å². The van der Waals surface area contributed by atoms with Gasteiger partial charge in [0, 0.05) is 31.9 Å². The van der Waals surface area contributed by atoms with E-state index in [-0.39, 0.29) is 5.92 Å². The molecule has 6 nitrogen and oxygen atoms in total. The number of amides is 1. The molecule has 2 N–H and O–H groups in total. The molecule has 1 amide bonds. The van der Waals surface area contributed by atoms with E-state index in [1.165, 1.54) is 19.3 Å². The second kappa shape index (κ2) is 5.41. The van der Waals surface area contributed by atoms with Crippen LogP contribution in [-0.2, 0) is 4.79 Å². The monoisotopic (exact) mass is 301 g/mol. The van der Waals surface area contributed by atoms with Crippen molar-refractivity contribution in [2.75, 3.05) is 30.3 Å². The van der Waals surface area contributed by atoms with Crippen LogP contribution in [-0.4, -0.2) is 46.5 Å². The largest absolute Gasteiger partial charge is 0.384 e. The lowest BCUT2D eigenvalue weighted by Crippen LogP contribution is -2.50. The molecule has 1 aromatic heterocycles. The number of aromatic nitrogens is 2. The van der Waals surface area contributed by atoms with Crippen molar-refractivity contribution in [3.8, 4) is 0 Å². The Hall–Kier alpha value is -1.85. The molecule has 5 rings (SSSR count). The zero-order chi connectivity index (χ0) is 15.1. The molecule has 0 radical (unpaired) electrons. The first-order chi connectivity index (χ1) is 10.7. The van der Waals surface area contributed by atoms with Gasteiger partial charge in [0.05, 0.1) is 5.92 Å². The van der Waals surface area contributed by atoms with Crippen molar-refractivity contribution in [2.24, 2.45) is 11.8 Å². The van der Waals surface area contributed by atoms with Crippen molar-refractivity contribution < 1.29 is 4.79 Å². The van der Waals surface area contributed by atoms with Gasteiger partial charge >= 0.3 is 0 Å². The smallest absolute Gasteiger partial charge is 0.227 e. The summed E-state index contributed by atoms with van der Waals surface area (Å²) in [7, 11) is 0. The minimum absolute atomic E-state index is 0.0869. The fourth-order valence-corrected chi connectivity index (χ4v) is 3.91. The van der Waals surface area contributed by atoms with Gasteiger partial charge in [0.1, 0.15) is 5.82 Å². The summed E-state index contributed by atoms with van der Waals surface area (Å²) in [6.45, 7) is 2.50. The highest BCUT2D eigenvalue weighted by Crippen LogP contribution is 2.34. The van der Waals surface area contributed by atoms with Gasteiger partial charge < -0.3 is 15.5 Å². The molecular formula is C16H23N5O. The Morgan fingerprint density at radius 1 is 1.23 bits per heavy atom. The van der Waals surface area contributed by atoms with Crippen molar-refractivity contribution in [1.82, 2.24) is 14.9 Å². The number of carbonyl (C=O) groups is 1. The third-order valence-corrected chi connectivity index (χ3v) is 5.42. The average molecular weight is 301 g/mol. The molecule has 0 unspecified atom stereocenters. The highest BCUT2D eigenvalue weighted by Gasteiger charge is 2.42. The molecule has 1 aromatic rings. The third kappa shape index (κ3) is 2.40. The van der Waals surface area contributed by atoms with Gasteiger partial charge in [-0.15, -0.1) is 0 Å². The molecule has 1 aliphatic carbocycles. The molecule has 118 valence electrons. The van der Waals surface area contributed by atoms with E-state index in [0.717, 1.165) is 38.4 Å². The van der Waals surface area contributed by atoms with Crippen molar-refractivity contribution in [2.45, 2.75) is 38.1 Å². The summed E-state index contributed by atoms with van der Waals surface area (Å²) in [5.41, 5.74) is 5.78. The van der Waals surface area contributed by atoms with E-state index in [1.54, 1.807) is 12.3 Å². The van der Waals surface area contributed by atoms with Crippen LogP contribution < -0.4 is 10.6 Å². The molecule has 3 aliphatic heterocycles. The summed E-state index contributed by atoms with van der Waals surface area (Å²) in [6.07, 6.45) is 7.67. The Bertz CT molecular complexity index is 573. The summed E-state index contributed by atoms with van der Waals surface area (Å²) >= 11 is 0. The summed E-state index contributed by atoms with van der Waals surface area (Å²) in [4.78, 5) is 25.7. The van der Waals surface area contributed by atoms with Gasteiger partial charge in [-0.05, 0) is 37.7 Å². The van der Waals surface area contributed by atoms with Crippen LogP contribution in [0.1, 0.15) is 32.1 Å². The topological polar surface area (TPSA) is 75.3 Å². The molecule has 1 saturated carbocycles. The lowest BCUT2D eigenvalue weighted by atomic mass is 9.83. The van der Waals surface area contributed by atoms with Crippen LogP contribution in [0.5, 0.6) is 0 Å². The standard InChI is InChI=1S/C16H23N5O/c17-14-6-7-18-16(19-14)20-9-12-4-5-13(10-20)21(15(12)22)8-11-2-1-3-11/h6-7,11-13H,1-5,8-10H2,(H2,17,18,19)/t12-,13+/m1/s1. The number of rotatable bonds is 3. The molecule has 4 aliphatic rings. The molecule has 2 bridgehead atoms. The lowest BCUT2D eigenvalue weighted by molar-refractivity contribution is -0.141. The van der Waals surface area contributed by atoms with Crippen molar-refractivity contribution in [3.05, 3.63) is 12.3 Å². The maximum atomic E-state index is 12.8. The van der Waals surface area contributed by atoms with E-state index in [1.807, 2.05) is 0 Å². The Morgan fingerprint density at radius 2 is 2.09 bits per heavy atom. The summed E-state index contributed by atoms with van der Waals surface area (Å²) < 4.78 is 0. The van der Waals surface area contributed by atoms with Crippen LogP contribution in [0.2, 0.25) is 0 Å². The number of piperidine rings is 1. The fourth-order valence-electron chi connectivity index (χ4n) is 3.91. The highest BCUT2D eigenvalue weighted by atomic mass is 16.2. The van der Waals surface area contributed by atoms with E-state index >= 15 is 0 Å². The zero-order valence-corrected chi connectivity index (χ0v) is 12.8. The van der Waals surface area contributed by atoms with Gasteiger partial charge in [-0.2, -0.15) is 4.98 Å². The molecule has 6 heteroatoms. The number of carbonyl (C=O) groups excluding carboxylic acids is 1. The number of nitrogens with two attached hydrogens (primary N) is 1. The van der Waals surface area contributed by atoms with E-state index in [9.17, 15) is 4.79 Å². The molecule has 22 heavy (non-hydrogen) atoms. The maximum Gasteiger partial charge on any atom is 0.227 e. The minimum atomic E-state index is 0.0869. The molecule has 0 aromatic carbocycles. The third-order valence-electron chi connectivity index (χ3n) is 5.42. The second-order valence-corrected chi connectivity index (χ2v) is 6.90. The Kier molecular flexibility index (Phi) is 3.39. The van der Waals surface area contributed by atoms with E-state index < -0.39 is 0 Å². The number of fused-ring (bicyclic) bond motifs is 4. The van der Waals surface area contributed by atoms with Gasteiger partial charge in [-0.25, -0.2) is 4.98 Å². The van der Waals surface area contributed by atoms with Crippen molar-refractivity contribution >= 4 is 17.7 Å². The van der Waals surface area contributed by atoms with Crippen molar-refractivity contribution in [3.63, 3.8) is 0 Å². The summed E-state index contributed by atoms with van der Waals surface area (Å²) in [6, 6.07) is 2.00. The Morgan fingerprint density at radius 3 is 2.82 bits per heavy atom. The Balaban J connectivity index is 1.55. The molecule has 3 saturated heterocycles. The van der Waals surface area contributed by atoms with Crippen LogP contribution in [0.3, 0.4) is 0 Å². The quantitative estimate of drug-likeness (QED) is 0.910. The Labute approximate surface area is 130 Å². The van der Waals surface area contributed by atoms with Gasteiger partial charge in [-0.1, -0.05) is 6.42 Å². The van der Waals surface area contributed by atoms with Crippen LogP contribution >= 0.6 is 0 Å². The van der Waals surface area contributed by atoms with Gasteiger partial charge in [0.2, 0.25) is 11.9 Å². The van der Waals surface area contributed by atoms with E-state index in [4.69, 9.17) is 5.73 Å². The summed E-state index contributed by atoms with van der Waals surface area (Å²) in [5, 5.41) is 0. The zero-order valence-electron chi connectivity index (χ0n) is 12.8. The number of hydrogen-bond acceptors (Lipinski definition) is 5. The lowest BCUT2D eigenvalue weighted by Gasteiger charge is -2.40. The van der Waals surface area contributed by atoms with Crippen LogP contribution in [0.15, 0.2) is 12.3 Å². The predicted octanol–water partition coefficient (Wildman–Crippen LogP) is 1.29. The summed E-state index contributed by atoms with van der Waals surface area (Å²) in [5.74, 6) is 2.30.